The molecule has 160 valence electrons. The van der Waals surface area contributed by atoms with Gasteiger partial charge in [-0.15, -0.1) is 0 Å². The summed E-state index contributed by atoms with van der Waals surface area (Å²) >= 11 is 0. The third kappa shape index (κ3) is 3.98. The zero-order valence-electron chi connectivity index (χ0n) is 18.5. The predicted octanol–water partition coefficient (Wildman–Crippen LogP) is 4.06. The summed E-state index contributed by atoms with van der Waals surface area (Å²) in [5.41, 5.74) is 4.19. The van der Waals surface area contributed by atoms with Gasteiger partial charge in [0.2, 0.25) is 0 Å². The fraction of sp³-hybridized carbons (Fsp3) is 0.320. The number of aryl methyl sites for hydroxylation is 2. The summed E-state index contributed by atoms with van der Waals surface area (Å²) in [6.07, 6.45) is 2.41. The van der Waals surface area contributed by atoms with Gasteiger partial charge in [-0.05, 0) is 43.4 Å². The minimum Gasteiger partial charge on any atom is -0.320 e. The van der Waals surface area contributed by atoms with Crippen LogP contribution in [0.25, 0.3) is 16.9 Å². The Morgan fingerprint density at radius 3 is 2.35 bits per heavy atom. The molecule has 0 aliphatic heterocycles. The Bertz CT molecular complexity index is 1340. The molecule has 2 aromatic carbocycles. The number of hydrogen-bond acceptors (Lipinski definition) is 3. The van der Waals surface area contributed by atoms with Crippen LogP contribution in [0.15, 0.2) is 64.4 Å². The lowest BCUT2D eigenvalue weighted by Crippen LogP contribution is -2.40. The van der Waals surface area contributed by atoms with E-state index >= 15 is 0 Å². The molecule has 0 atom stereocenters. The van der Waals surface area contributed by atoms with Crippen molar-refractivity contribution in [3.05, 3.63) is 92.4 Å². The number of aromatic nitrogens is 4. The molecule has 6 heteroatoms. The second-order valence-electron chi connectivity index (χ2n) is 8.57. The Kier molecular flexibility index (Phi) is 5.63. The molecular formula is C25H28N4O2. The van der Waals surface area contributed by atoms with Gasteiger partial charge in [0.25, 0.3) is 5.56 Å². The summed E-state index contributed by atoms with van der Waals surface area (Å²) in [6, 6.07) is 15.9. The van der Waals surface area contributed by atoms with Crippen molar-refractivity contribution in [3.8, 4) is 5.69 Å². The maximum atomic E-state index is 13.5. The zero-order chi connectivity index (χ0) is 22.1. The molecular weight excluding hydrogens is 388 g/mol. The average Bonchev–Trinajstić information content (AvgIpc) is 3.14. The van der Waals surface area contributed by atoms with E-state index in [-0.39, 0.29) is 11.2 Å². The lowest BCUT2D eigenvalue weighted by molar-refractivity contribution is 0.491. The summed E-state index contributed by atoms with van der Waals surface area (Å²) in [6.45, 7) is 9.08. The van der Waals surface area contributed by atoms with Gasteiger partial charge in [-0.25, -0.2) is 14.3 Å². The molecule has 0 N–H and O–H groups in total. The molecule has 6 nitrogen and oxygen atoms in total. The SMILES string of the molecule is Cc1ccc(Cn2cnc3c2c(=O)n(CCC(C)C)c(=O)n3-c2ccccc2C)cc1. The molecule has 0 bridgehead atoms. The van der Waals surface area contributed by atoms with Crippen LogP contribution in [0.1, 0.15) is 37.0 Å². The van der Waals surface area contributed by atoms with Crippen molar-refractivity contribution in [2.75, 3.05) is 0 Å². The van der Waals surface area contributed by atoms with Crippen LogP contribution in [0.2, 0.25) is 0 Å². The highest BCUT2D eigenvalue weighted by Gasteiger charge is 2.20. The van der Waals surface area contributed by atoms with E-state index in [1.807, 2.05) is 42.7 Å². The lowest BCUT2D eigenvalue weighted by Gasteiger charge is -2.15. The van der Waals surface area contributed by atoms with E-state index in [0.29, 0.717) is 30.2 Å². The molecule has 2 heterocycles. The van der Waals surface area contributed by atoms with Gasteiger partial charge in [-0.1, -0.05) is 61.9 Å². The normalized spacial score (nSPS) is 11.5. The van der Waals surface area contributed by atoms with Crippen LogP contribution in [-0.2, 0) is 13.1 Å². The number of benzene rings is 2. The second kappa shape index (κ2) is 8.38. The minimum absolute atomic E-state index is 0.282. The topological polar surface area (TPSA) is 61.8 Å². The molecule has 0 aliphatic rings. The third-order valence-electron chi connectivity index (χ3n) is 5.66. The van der Waals surface area contributed by atoms with E-state index in [2.05, 4.69) is 43.1 Å². The molecule has 0 amide bonds. The van der Waals surface area contributed by atoms with Crippen LogP contribution < -0.4 is 11.2 Å². The van der Waals surface area contributed by atoms with Crippen LogP contribution >= 0.6 is 0 Å². The van der Waals surface area contributed by atoms with Crippen molar-refractivity contribution in [2.24, 2.45) is 5.92 Å². The number of para-hydroxylation sites is 1. The van der Waals surface area contributed by atoms with Gasteiger partial charge < -0.3 is 4.57 Å². The Morgan fingerprint density at radius 1 is 0.968 bits per heavy atom. The van der Waals surface area contributed by atoms with Crippen LogP contribution in [0.3, 0.4) is 0 Å². The zero-order valence-corrected chi connectivity index (χ0v) is 18.5. The van der Waals surface area contributed by atoms with Crippen LogP contribution in [-0.4, -0.2) is 18.7 Å². The molecule has 31 heavy (non-hydrogen) atoms. The first-order chi connectivity index (χ1) is 14.9. The molecule has 2 aromatic heterocycles. The molecule has 0 unspecified atom stereocenters. The number of nitrogens with zero attached hydrogens (tertiary/aromatic N) is 4. The van der Waals surface area contributed by atoms with Crippen molar-refractivity contribution in [3.63, 3.8) is 0 Å². The standard InChI is InChI=1S/C25H28N4O2/c1-17(2)13-14-28-24(30)22-23(29(25(28)31)21-8-6-5-7-19(21)4)26-16-27(22)15-20-11-9-18(3)10-12-20/h5-12,16-17H,13-15H2,1-4H3. The average molecular weight is 417 g/mol. The Hall–Kier alpha value is -3.41. The van der Waals surface area contributed by atoms with Crippen molar-refractivity contribution in [2.45, 2.75) is 47.2 Å². The maximum Gasteiger partial charge on any atom is 0.337 e. The Morgan fingerprint density at radius 2 is 1.68 bits per heavy atom. The molecule has 0 aliphatic carbocycles. The summed E-state index contributed by atoms with van der Waals surface area (Å²) in [5.74, 6) is 0.381. The molecule has 0 spiro atoms. The van der Waals surface area contributed by atoms with E-state index < -0.39 is 0 Å². The highest BCUT2D eigenvalue weighted by atomic mass is 16.2. The third-order valence-corrected chi connectivity index (χ3v) is 5.66. The molecule has 4 aromatic rings. The minimum atomic E-state index is -0.340. The predicted molar refractivity (Wildman–Crippen MR) is 124 cm³/mol. The first-order valence-electron chi connectivity index (χ1n) is 10.7. The van der Waals surface area contributed by atoms with Crippen molar-refractivity contribution < 1.29 is 0 Å². The number of fused-ring (bicyclic) bond motifs is 1. The highest BCUT2D eigenvalue weighted by Crippen LogP contribution is 2.18. The van der Waals surface area contributed by atoms with Gasteiger partial charge in [-0.3, -0.25) is 9.36 Å². The summed E-state index contributed by atoms with van der Waals surface area (Å²) in [7, 11) is 0. The smallest absolute Gasteiger partial charge is 0.320 e. The largest absolute Gasteiger partial charge is 0.337 e. The molecule has 0 saturated heterocycles. The second-order valence-corrected chi connectivity index (χ2v) is 8.57. The van der Waals surface area contributed by atoms with Gasteiger partial charge >= 0.3 is 5.69 Å². The van der Waals surface area contributed by atoms with E-state index in [1.165, 1.54) is 10.1 Å². The van der Waals surface area contributed by atoms with Gasteiger partial charge in [0.05, 0.1) is 12.0 Å². The Labute approximate surface area is 181 Å². The summed E-state index contributed by atoms with van der Waals surface area (Å²) < 4.78 is 4.79. The van der Waals surface area contributed by atoms with E-state index in [1.54, 1.807) is 10.9 Å². The van der Waals surface area contributed by atoms with Crippen LogP contribution in [0, 0.1) is 19.8 Å². The lowest BCUT2D eigenvalue weighted by atomic mass is 10.1. The maximum absolute atomic E-state index is 13.5. The first-order valence-corrected chi connectivity index (χ1v) is 10.7. The fourth-order valence-corrected chi connectivity index (χ4v) is 3.81. The van der Waals surface area contributed by atoms with Crippen molar-refractivity contribution in [1.82, 2.24) is 18.7 Å². The van der Waals surface area contributed by atoms with E-state index in [9.17, 15) is 9.59 Å². The summed E-state index contributed by atoms with van der Waals surface area (Å²) in [4.78, 5) is 31.4. The number of imidazole rings is 1. The fourth-order valence-electron chi connectivity index (χ4n) is 3.81. The quantitative estimate of drug-likeness (QED) is 0.476. The number of rotatable bonds is 6. The Balaban J connectivity index is 1.97. The van der Waals surface area contributed by atoms with Gasteiger partial charge in [0.1, 0.15) is 0 Å². The van der Waals surface area contributed by atoms with Crippen LogP contribution in [0.4, 0.5) is 0 Å². The monoisotopic (exact) mass is 416 g/mol. The molecule has 0 fully saturated rings. The van der Waals surface area contributed by atoms with Gasteiger partial charge in [0.15, 0.2) is 11.2 Å². The van der Waals surface area contributed by atoms with Crippen molar-refractivity contribution >= 4 is 11.2 Å². The summed E-state index contributed by atoms with van der Waals surface area (Å²) in [5, 5.41) is 0. The first kappa shape index (κ1) is 20.8. The van der Waals surface area contributed by atoms with Gasteiger partial charge in [0, 0.05) is 13.1 Å². The molecule has 0 saturated carbocycles. The van der Waals surface area contributed by atoms with E-state index in [0.717, 1.165) is 23.2 Å². The highest BCUT2D eigenvalue weighted by molar-refractivity contribution is 5.73. The molecule has 4 rings (SSSR count). The van der Waals surface area contributed by atoms with E-state index in [4.69, 9.17) is 0 Å². The molecule has 0 radical (unpaired) electrons. The van der Waals surface area contributed by atoms with Crippen molar-refractivity contribution in [1.29, 1.82) is 0 Å². The number of hydrogen-bond donors (Lipinski definition) is 0. The van der Waals surface area contributed by atoms with Crippen LogP contribution in [0.5, 0.6) is 0 Å². The van der Waals surface area contributed by atoms with Gasteiger partial charge in [-0.2, -0.15) is 0 Å².